The molecule has 0 unspecified atom stereocenters. The van der Waals surface area contributed by atoms with Gasteiger partial charge in [-0.1, -0.05) is 35.4 Å². The van der Waals surface area contributed by atoms with E-state index in [1.54, 1.807) is 47.5 Å². The first kappa shape index (κ1) is 23.4. The monoisotopic (exact) mass is 483 g/mol. The van der Waals surface area contributed by atoms with Crippen LogP contribution in [0.2, 0.25) is 5.02 Å². The molecule has 0 atom stereocenters. The van der Waals surface area contributed by atoms with E-state index in [2.05, 4.69) is 4.98 Å². The molecule has 0 N–H and O–H groups in total. The predicted molar refractivity (Wildman–Crippen MR) is 130 cm³/mol. The van der Waals surface area contributed by atoms with Crippen molar-refractivity contribution >= 4 is 33.2 Å². The molecule has 172 valence electrons. The third-order valence-corrected chi connectivity index (χ3v) is 8.08. The number of aromatic nitrogens is 1. The van der Waals surface area contributed by atoms with Crippen molar-refractivity contribution in [2.24, 2.45) is 5.92 Å². The van der Waals surface area contributed by atoms with E-state index < -0.39 is 10.0 Å². The number of amides is 1. The van der Waals surface area contributed by atoms with E-state index in [9.17, 15) is 13.2 Å². The minimum absolute atomic E-state index is 0.0321. The molecule has 2 aromatic carbocycles. The number of nitrogens with zero attached hydrogens (tertiary/aromatic N) is 3. The molecule has 1 saturated heterocycles. The van der Waals surface area contributed by atoms with Gasteiger partial charge in [0.05, 0.1) is 17.1 Å². The minimum atomic E-state index is -3.57. The number of sulfonamides is 1. The number of hydrogen-bond acceptors (Lipinski definition) is 4. The van der Waals surface area contributed by atoms with Crippen LogP contribution >= 0.6 is 11.6 Å². The predicted octanol–water partition coefficient (Wildman–Crippen LogP) is 4.68. The topological polar surface area (TPSA) is 70.6 Å². The largest absolute Gasteiger partial charge is 0.306 e. The SMILES string of the molecule is Cc1ccc(S(=O)(=O)N2CCC(C(=O)N(Cc3ccccn3)c3ccc(Cl)cc3)CC2)cc1. The fourth-order valence-electron chi connectivity index (χ4n) is 3.99. The summed E-state index contributed by atoms with van der Waals surface area (Å²) in [5.74, 6) is -0.302. The molecule has 0 radical (unpaired) electrons. The van der Waals surface area contributed by atoms with E-state index in [4.69, 9.17) is 11.6 Å². The molecule has 6 nitrogen and oxygen atoms in total. The number of piperidine rings is 1. The summed E-state index contributed by atoms with van der Waals surface area (Å²) >= 11 is 6.04. The molecule has 1 fully saturated rings. The van der Waals surface area contributed by atoms with Crippen LogP contribution in [0.5, 0.6) is 0 Å². The van der Waals surface area contributed by atoms with Crippen molar-refractivity contribution in [3.05, 3.63) is 89.2 Å². The number of anilines is 1. The number of carbonyl (C=O) groups excluding carboxylic acids is 1. The van der Waals surface area contributed by atoms with Gasteiger partial charge in [0, 0.05) is 35.9 Å². The molecule has 0 spiro atoms. The molecule has 3 aromatic rings. The maximum Gasteiger partial charge on any atom is 0.243 e. The van der Waals surface area contributed by atoms with Crippen LogP contribution < -0.4 is 4.90 Å². The van der Waals surface area contributed by atoms with Crippen molar-refractivity contribution < 1.29 is 13.2 Å². The molecular weight excluding hydrogens is 458 g/mol. The van der Waals surface area contributed by atoms with Crippen LogP contribution in [0, 0.1) is 12.8 Å². The summed E-state index contributed by atoms with van der Waals surface area (Å²) in [6, 6.07) is 19.6. The number of halogens is 1. The van der Waals surface area contributed by atoms with E-state index in [1.807, 2.05) is 37.3 Å². The Morgan fingerprint density at radius 2 is 1.70 bits per heavy atom. The van der Waals surface area contributed by atoms with Crippen LogP contribution in [0.1, 0.15) is 24.1 Å². The smallest absolute Gasteiger partial charge is 0.243 e. The second-order valence-electron chi connectivity index (χ2n) is 8.21. The van der Waals surface area contributed by atoms with Crippen LogP contribution in [0.3, 0.4) is 0 Å². The van der Waals surface area contributed by atoms with Crippen LogP contribution in [0.15, 0.2) is 77.8 Å². The highest BCUT2D eigenvalue weighted by Crippen LogP contribution is 2.28. The molecule has 0 bridgehead atoms. The molecule has 2 heterocycles. The zero-order chi connectivity index (χ0) is 23.4. The lowest BCUT2D eigenvalue weighted by atomic mass is 9.96. The Balaban J connectivity index is 1.49. The number of benzene rings is 2. The molecule has 1 amide bonds. The van der Waals surface area contributed by atoms with Gasteiger partial charge in [-0.05, 0) is 68.3 Å². The second-order valence-corrected chi connectivity index (χ2v) is 10.6. The van der Waals surface area contributed by atoms with Crippen molar-refractivity contribution in [1.82, 2.24) is 9.29 Å². The molecule has 4 rings (SSSR count). The highest BCUT2D eigenvalue weighted by molar-refractivity contribution is 7.89. The number of hydrogen-bond donors (Lipinski definition) is 0. The maximum absolute atomic E-state index is 13.5. The van der Waals surface area contributed by atoms with E-state index >= 15 is 0 Å². The maximum atomic E-state index is 13.5. The van der Waals surface area contributed by atoms with Crippen molar-refractivity contribution in [2.75, 3.05) is 18.0 Å². The normalized spacial score (nSPS) is 15.3. The Morgan fingerprint density at radius 3 is 2.30 bits per heavy atom. The summed E-state index contributed by atoms with van der Waals surface area (Å²) in [5, 5.41) is 0.596. The molecule has 8 heteroatoms. The molecule has 1 aliphatic rings. The molecule has 0 saturated carbocycles. The fourth-order valence-corrected chi connectivity index (χ4v) is 5.59. The molecular formula is C25H26ClN3O3S. The van der Waals surface area contributed by atoms with Crippen molar-refractivity contribution in [2.45, 2.75) is 31.2 Å². The zero-order valence-corrected chi connectivity index (χ0v) is 20.0. The second kappa shape index (κ2) is 10.0. The van der Waals surface area contributed by atoms with Gasteiger partial charge in [0.2, 0.25) is 15.9 Å². The first-order valence-corrected chi connectivity index (χ1v) is 12.7. The van der Waals surface area contributed by atoms with E-state index in [-0.39, 0.29) is 16.7 Å². The summed E-state index contributed by atoms with van der Waals surface area (Å²) < 4.78 is 27.5. The zero-order valence-electron chi connectivity index (χ0n) is 18.4. The van der Waals surface area contributed by atoms with Crippen molar-refractivity contribution in [1.29, 1.82) is 0 Å². The fraction of sp³-hybridized carbons (Fsp3) is 0.280. The third-order valence-electron chi connectivity index (χ3n) is 5.91. The first-order chi connectivity index (χ1) is 15.8. The van der Waals surface area contributed by atoms with E-state index in [0.29, 0.717) is 37.5 Å². The number of aryl methyl sites for hydroxylation is 1. The highest BCUT2D eigenvalue weighted by atomic mass is 35.5. The Bertz CT molecular complexity index is 1190. The minimum Gasteiger partial charge on any atom is -0.306 e. The van der Waals surface area contributed by atoms with Gasteiger partial charge >= 0.3 is 0 Å². The third kappa shape index (κ3) is 5.43. The first-order valence-electron chi connectivity index (χ1n) is 10.9. The Morgan fingerprint density at radius 1 is 1.03 bits per heavy atom. The number of carbonyl (C=O) groups is 1. The summed E-state index contributed by atoms with van der Waals surface area (Å²) in [6.45, 7) is 2.88. The van der Waals surface area contributed by atoms with Gasteiger partial charge < -0.3 is 4.90 Å². The van der Waals surface area contributed by atoms with Crippen LogP contribution in [0.25, 0.3) is 0 Å². The summed E-state index contributed by atoms with van der Waals surface area (Å²) in [6.07, 6.45) is 2.64. The molecule has 1 aliphatic heterocycles. The number of rotatable bonds is 6. The van der Waals surface area contributed by atoms with Gasteiger partial charge in [-0.3, -0.25) is 9.78 Å². The van der Waals surface area contributed by atoms with Gasteiger partial charge in [0.15, 0.2) is 0 Å². The molecule has 1 aromatic heterocycles. The Kier molecular flexibility index (Phi) is 7.12. The molecule has 33 heavy (non-hydrogen) atoms. The van der Waals surface area contributed by atoms with Gasteiger partial charge in [0.25, 0.3) is 0 Å². The summed E-state index contributed by atoms with van der Waals surface area (Å²) in [7, 11) is -3.57. The quantitative estimate of drug-likeness (QED) is 0.510. The van der Waals surface area contributed by atoms with Crippen LogP contribution in [-0.2, 0) is 21.4 Å². The molecule has 0 aliphatic carbocycles. The average molecular weight is 484 g/mol. The van der Waals surface area contributed by atoms with Gasteiger partial charge in [-0.2, -0.15) is 4.31 Å². The van der Waals surface area contributed by atoms with Crippen molar-refractivity contribution in [3.63, 3.8) is 0 Å². The van der Waals surface area contributed by atoms with Crippen molar-refractivity contribution in [3.8, 4) is 0 Å². The summed E-state index contributed by atoms with van der Waals surface area (Å²) in [5.41, 5.74) is 2.53. The van der Waals surface area contributed by atoms with E-state index in [0.717, 1.165) is 16.9 Å². The van der Waals surface area contributed by atoms with E-state index in [1.165, 1.54) is 4.31 Å². The highest BCUT2D eigenvalue weighted by Gasteiger charge is 2.34. The summed E-state index contributed by atoms with van der Waals surface area (Å²) in [4.78, 5) is 19.9. The van der Waals surface area contributed by atoms with Gasteiger partial charge in [-0.25, -0.2) is 8.42 Å². The van der Waals surface area contributed by atoms with Gasteiger partial charge in [0.1, 0.15) is 0 Å². The standard InChI is InChI=1S/C25H26ClN3O3S/c1-19-5-11-24(12-6-19)33(31,32)28-16-13-20(14-17-28)25(30)29(18-22-4-2-3-15-27-22)23-9-7-21(26)8-10-23/h2-12,15,20H,13-14,16-18H2,1H3. The Labute approximate surface area is 199 Å². The lowest BCUT2D eigenvalue weighted by molar-refractivity contribution is -0.123. The van der Waals surface area contributed by atoms with Crippen LogP contribution in [0.4, 0.5) is 5.69 Å². The average Bonchev–Trinajstić information content (AvgIpc) is 2.84. The van der Waals surface area contributed by atoms with Crippen LogP contribution in [-0.4, -0.2) is 36.7 Å². The lowest BCUT2D eigenvalue weighted by Crippen LogP contribution is -2.44. The Hall–Kier alpha value is -2.74. The lowest BCUT2D eigenvalue weighted by Gasteiger charge is -2.33. The van der Waals surface area contributed by atoms with Gasteiger partial charge in [-0.15, -0.1) is 0 Å². The number of pyridine rings is 1.